The quantitative estimate of drug-likeness (QED) is 0.306. The summed E-state index contributed by atoms with van der Waals surface area (Å²) < 4.78 is 12.1. The van der Waals surface area contributed by atoms with E-state index in [2.05, 4.69) is 19.9 Å². The summed E-state index contributed by atoms with van der Waals surface area (Å²) >= 11 is 0. The summed E-state index contributed by atoms with van der Waals surface area (Å²) in [4.78, 5) is 12.0. The number of carbonyl (C=O) groups is 1. The molecule has 0 atom stereocenters. The minimum absolute atomic E-state index is 0.181. The van der Waals surface area contributed by atoms with Crippen LogP contribution in [0.1, 0.15) is 94.0 Å². The highest BCUT2D eigenvalue weighted by Gasteiger charge is 2.19. The molecule has 0 spiro atoms. The fourth-order valence-electron chi connectivity index (χ4n) is 3.68. The van der Waals surface area contributed by atoms with E-state index < -0.39 is 5.97 Å². The second-order valence-corrected chi connectivity index (χ2v) is 8.13. The van der Waals surface area contributed by atoms with Gasteiger partial charge in [-0.05, 0) is 31.9 Å². The highest BCUT2D eigenvalue weighted by atomic mass is 16.5. The number of aryl methyl sites for hydroxylation is 1. The van der Waals surface area contributed by atoms with Gasteiger partial charge in [-0.25, -0.2) is 4.79 Å². The van der Waals surface area contributed by atoms with Crippen LogP contribution >= 0.6 is 0 Å². The first kappa shape index (κ1) is 24.0. The third-order valence-corrected chi connectivity index (χ3v) is 5.44. The van der Waals surface area contributed by atoms with E-state index in [1.807, 2.05) is 19.1 Å². The van der Waals surface area contributed by atoms with Crippen LogP contribution in [0.3, 0.4) is 0 Å². The molecule has 0 aliphatic heterocycles. The molecule has 30 heavy (non-hydrogen) atoms. The molecule has 2 aromatic rings. The standard InChI is InChI=1S/C26H38O4/c1-4-6-8-10-12-16-29-24-19-23(26(27)28)25(30-17-13-11-9-7-5-2)21-15-14-20(3)18-22(21)24/h14-15,18-19H,4-13,16-17H2,1-3H3,(H,27,28). The van der Waals surface area contributed by atoms with Crippen LogP contribution in [0.5, 0.6) is 11.5 Å². The molecule has 4 heteroatoms. The Morgan fingerprint density at radius 2 is 1.40 bits per heavy atom. The van der Waals surface area contributed by atoms with Crippen molar-refractivity contribution in [2.45, 2.75) is 85.0 Å². The van der Waals surface area contributed by atoms with Gasteiger partial charge in [0.25, 0.3) is 0 Å². The summed E-state index contributed by atoms with van der Waals surface area (Å²) in [5, 5.41) is 11.6. The van der Waals surface area contributed by atoms with Crippen molar-refractivity contribution in [2.24, 2.45) is 0 Å². The summed E-state index contributed by atoms with van der Waals surface area (Å²) in [6.07, 6.45) is 11.4. The zero-order valence-corrected chi connectivity index (χ0v) is 19.0. The van der Waals surface area contributed by atoms with Crippen molar-refractivity contribution in [2.75, 3.05) is 13.2 Å². The topological polar surface area (TPSA) is 55.8 Å². The molecule has 1 N–H and O–H groups in total. The fourth-order valence-corrected chi connectivity index (χ4v) is 3.68. The van der Waals surface area contributed by atoms with Gasteiger partial charge in [-0.2, -0.15) is 0 Å². The van der Waals surface area contributed by atoms with E-state index in [1.165, 1.54) is 38.5 Å². The van der Waals surface area contributed by atoms with E-state index in [0.717, 1.165) is 42.0 Å². The number of aromatic carboxylic acids is 1. The molecule has 4 nitrogen and oxygen atoms in total. The van der Waals surface area contributed by atoms with E-state index in [9.17, 15) is 9.90 Å². The van der Waals surface area contributed by atoms with Gasteiger partial charge < -0.3 is 14.6 Å². The van der Waals surface area contributed by atoms with Gasteiger partial charge in [0.05, 0.1) is 13.2 Å². The molecule has 0 unspecified atom stereocenters. The predicted octanol–water partition coefficient (Wildman–Crippen LogP) is 7.54. The molecule has 0 amide bonds. The average molecular weight is 415 g/mol. The van der Waals surface area contributed by atoms with Gasteiger partial charge >= 0.3 is 5.97 Å². The lowest BCUT2D eigenvalue weighted by Gasteiger charge is -2.17. The Morgan fingerprint density at radius 3 is 2.00 bits per heavy atom. The van der Waals surface area contributed by atoms with Gasteiger partial charge in [0.15, 0.2) is 0 Å². The van der Waals surface area contributed by atoms with Crippen LogP contribution in [0, 0.1) is 6.92 Å². The number of ether oxygens (including phenoxy) is 2. The third-order valence-electron chi connectivity index (χ3n) is 5.44. The molecule has 0 saturated carbocycles. The zero-order chi connectivity index (χ0) is 21.8. The number of carboxylic acids is 1. The minimum atomic E-state index is -0.980. The fraction of sp³-hybridized carbons (Fsp3) is 0.577. The number of hydrogen-bond donors (Lipinski definition) is 1. The van der Waals surface area contributed by atoms with Gasteiger partial charge in [-0.15, -0.1) is 0 Å². The molecule has 2 aromatic carbocycles. The van der Waals surface area contributed by atoms with E-state index in [1.54, 1.807) is 6.07 Å². The van der Waals surface area contributed by atoms with E-state index >= 15 is 0 Å². The maximum Gasteiger partial charge on any atom is 0.339 e. The number of unbranched alkanes of at least 4 members (excludes halogenated alkanes) is 8. The van der Waals surface area contributed by atoms with Crippen LogP contribution in [-0.2, 0) is 0 Å². The smallest absolute Gasteiger partial charge is 0.339 e. The Hall–Kier alpha value is -2.23. The normalized spacial score (nSPS) is 11.0. The lowest BCUT2D eigenvalue weighted by atomic mass is 10.0. The Labute approximate surface area is 181 Å². The maximum absolute atomic E-state index is 12.0. The van der Waals surface area contributed by atoms with Crippen LogP contribution in [-0.4, -0.2) is 24.3 Å². The molecule has 166 valence electrons. The molecular weight excluding hydrogens is 376 g/mol. The van der Waals surface area contributed by atoms with Crippen LogP contribution < -0.4 is 9.47 Å². The monoisotopic (exact) mass is 414 g/mol. The summed E-state index contributed by atoms with van der Waals surface area (Å²) in [6, 6.07) is 7.65. The van der Waals surface area contributed by atoms with Crippen molar-refractivity contribution in [1.82, 2.24) is 0 Å². The lowest BCUT2D eigenvalue weighted by molar-refractivity contribution is 0.0692. The second-order valence-electron chi connectivity index (χ2n) is 8.13. The summed E-state index contributed by atoms with van der Waals surface area (Å²) in [5.74, 6) is 0.117. The average Bonchev–Trinajstić information content (AvgIpc) is 2.73. The van der Waals surface area contributed by atoms with Gasteiger partial charge in [-0.1, -0.05) is 82.9 Å². The molecule has 0 aliphatic rings. The first-order valence-corrected chi connectivity index (χ1v) is 11.6. The molecule has 0 bridgehead atoms. The number of hydrogen-bond acceptors (Lipinski definition) is 3. The predicted molar refractivity (Wildman–Crippen MR) is 124 cm³/mol. The second kappa shape index (κ2) is 13.1. The van der Waals surface area contributed by atoms with Crippen molar-refractivity contribution in [1.29, 1.82) is 0 Å². The van der Waals surface area contributed by atoms with Crippen LogP contribution in [0.25, 0.3) is 10.8 Å². The van der Waals surface area contributed by atoms with Crippen molar-refractivity contribution < 1.29 is 19.4 Å². The summed E-state index contributed by atoms with van der Waals surface area (Å²) in [5.41, 5.74) is 1.30. The highest BCUT2D eigenvalue weighted by molar-refractivity contribution is 6.03. The van der Waals surface area contributed by atoms with Gasteiger partial charge in [0, 0.05) is 10.8 Å². The van der Waals surface area contributed by atoms with Gasteiger partial charge in [0.1, 0.15) is 17.1 Å². The lowest BCUT2D eigenvalue weighted by Crippen LogP contribution is -2.07. The van der Waals surface area contributed by atoms with Crippen molar-refractivity contribution >= 4 is 16.7 Å². The Bertz CT molecular complexity index is 797. The maximum atomic E-state index is 12.0. The van der Waals surface area contributed by atoms with E-state index in [4.69, 9.17) is 9.47 Å². The SMILES string of the molecule is CCCCCCCOc1cc(C(=O)O)c(OCCCCCCC)c2ccc(C)cc12. The van der Waals surface area contributed by atoms with Crippen molar-refractivity contribution in [3.8, 4) is 11.5 Å². The van der Waals surface area contributed by atoms with Crippen molar-refractivity contribution in [3.05, 3.63) is 35.4 Å². The number of fused-ring (bicyclic) bond motifs is 1. The molecular formula is C26H38O4. The molecule has 0 aliphatic carbocycles. The number of benzene rings is 2. The molecule has 0 radical (unpaired) electrons. The third kappa shape index (κ3) is 7.23. The van der Waals surface area contributed by atoms with Crippen LogP contribution in [0.4, 0.5) is 0 Å². The Balaban J connectivity index is 2.19. The molecule has 0 aromatic heterocycles. The van der Waals surface area contributed by atoms with Gasteiger partial charge in [-0.3, -0.25) is 0 Å². The zero-order valence-electron chi connectivity index (χ0n) is 19.0. The van der Waals surface area contributed by atoms with Crippen molar-refractivity contribution in [3.63, 3.8) is 0 Å². The molecule has 0 heterocycles. The van der Waals surface area contributed by atoms with E-state index in [0.29, 0.717) is 24.7 Å². The summed E-state index contributed by atoms with van der Waals surface area (Å²) in [6.45, 7) is 7.56. The number of carboxylic acid groups (broad SMARTS) is 1. The van der Waals surface area contributed by atoms with Gasteiger partial charge in [0.2, 0.25) is 0 Å². The summed E-state index contributed by atoms with van der Waals surface area (Å²) in [7, 11) is 0. The highest BCUT2D eigenvalue weighted by Crippen LogP contribution is 2.38. The van der Waals surface area contributed by atoms with E-state index in [-0.39, 0.29) is 5.56 Å². The Kier molecular flexibility index (Phi) is 10.5. The van der Waals surface area contributed by atoms with Crippen LogP contribution in [0.2, 0.25) is 0 Å². The number of rotatable bonds is 15. The first-order chi connectivity index (χ1) is 14.6. The molecule has 0 fully saturated rings. The molecule has 0 saturated heterocycles. The first-order valence-electron chi connectivity index (χ1n) is 11.6. The van der Waals surface area contributed by atoms with Crippen LogP contribution in [0.15, 0.2) is 24.3 Å². The Morgan fingerprint density at radius 1 is 0.800 bits per heavy atom. The largest absolute Gasteiger partial charge is 0.493 e. The molecule has 2 rings (SSSR count). The minimum Gasteiger partial charge on any atom is -0.493 e.